The Balaban J connectivity index is 1.68. The highest BCUT2D eigenvalue weighted by atomic mass is 16.3. The number of carbonyl (C=O) groups excluding carboxylic acids is 2. The van der Waals surface area contributed by atoms with Crippen molar-refractivity contribution in [2.24, 2.45) is 5.92 Å². The van der Waals surface area contributed by atoms with Crippen LogP contribution in [0.25, 0.3) is 0 Å². The fourth-order valence-corrected chi connectivity index (χ4v) is 3.56. The predicted octanol–water partition coefficient (Wildman–Crippen LogP) is 3.59. The van der Waals surface area contributed by atoms with Crippen LogP contribution >= 0.6 is 0 Å². The SMILES string of the molecule is Cc1nc(CC2CCN(c3ccc(C(C)(C)C)cc3)C(=O)C2)nc(C=O)c1O. The van der Waals surface area contributed by atoms with Crippen molar-refractivity contribution in [3.05, 3.63) is 47.0 Å². The van der Waals surface area contributed by atoms with Crippen LogP contribution in [0.1, 0.15) is 61.2 Å². The van der Waals surface area contributed by atoms with Crippen LogP contribution in [0.3, 0.4) is 0 Å². The monoisotopic (exact) mass is 381 g/mol. The molecule has 148 valence electrons. The number of benzene rings is 1. The number of aromatic hydroxyl groups is 1. The van der Waals surface area contributed by atoms with E-state index < -0.39 is 0 Å². The molecular formula is C22H27N3O3. The first-order chi connectivity index (χ1) is 13.2. The second-order valence-corrected chi connectivity index (χ2v) is 8.48. The normalized spacial score (nSPS) is 17.6. The summed E-state index contributed by atoms with van der Waals surface area (Å²) in [5.74, 6) is 0.536. The van der Waals surface area contributed by atoms with Crippen LogP contribution in [0.15, 0.2) is 24.3 Å². The van der Waals surface area contributed by atoms with Crippen LogP contribution in [0.2, 0.25) is 0 Å². The summed E-state index contributed by atoms with van der Waals surface area (Å²) in [4.78, 5) is 34.0. The molecule has 1 aliphatic heterocycles. The molecule has 6 heteroatoms. The highest BCUT2D eigenvalue weighted by molar-refractivity contribution is 5.94. The number of amides is 1. The summed E-state index contributed by atoms with van der Waals surface area (Å²) in [5, 5.41) is 9.78. The molecule has 2 aromatic rings. The van der Waals surface area contributed by atoms with Crippen molar-refractivity contribution in [3.63, 3.8) is 0 Å². The smallest absolute Gasteiger partial charge is 0.227 e. The third kappa shape index (κ3) is 4.21. The zero-order valence-electron chi connectivity index (χ0n) is 16.9. The van der Waals surface area contributed by atoms with Gasteiger partial charge in [0, 0.05) is 25.1 Å². The number of aryl methyl sites for hydroxylation is 1. The van der Waals surface area contributed by atoms with Gasteiger partial charge in [0.1, 0.15) is 11.5 Å². The Kier molecular flexibility index (Phi) is 5.49. The van der Waals surface area contributed by atoms with E-state index in [1.54, 1.807) is 6.92 Å². The van der Waals surface area contributed by atoms with Crippen molar-refractivity contribution >= 4 is 17.9 Å². The molecular weight excluding hydrogens is 354 g/mol. The Morgan fingerprint density at radius 2 is 1.89 bits per heavy atom. The number of piperidine rings is 1. The molecule has 1 amide bonds. The maximum absolute atomic E-state index is 12.7. The summed E-state index contributed by atoms with van der Waals surface area (Å²) in [5.41, 5.74) is 2.64. The van der Waals surface area contributed by atoms with Gasteiger partial charge in [-0.3, -0.25) is 9.59 Å². The maximum atomic E-state index is 12.7. The number of carbonyl (C=O) groups is 2. The molecule has 0 aliphatic carbocycles. The Morgan fingerprint density at radius 3 is 2.46 bits per heavy atom. The van der Waals surface area contributed by atoms with Gasteiger partial charge in [-0.2, -0.15) is 0 Å². The third-order valence-electron chi connectivity index (χ3n) is 5.28. The van der Waals surface area contributed by atoms with E-state index in [1.807, 2.05) is 17.0 Å². The minimum Gasteiger partial charge on any atom is -0.504 e. The molecule has 1 saturated heterocycles. The van der Waals surface area contributed by atoms with Crippen LogP contribution in [0.4, 0.5) is 5.69 Å². The van der Waals surface area contributed by atoms with E-state index in [4.69, 9.17) is 0 Å². The summed E-state index contributed by atoms with van der Waals surface area (Å²) < 4.78 is 0. The molecule has 1 aromatic carbocycles. The van der Waals surface area contributed by atoms with Gasteiger partial charge in [-0.25, -0.2) is 9.97 Å². The maximum Gasteiger partial charge on any atom is 0.227 e. The highest BCUT2D eigenvalue weighted by Crippen LogP contribution is 2.29. The quantitative estimate of drug-likeness (QED) is 0.819. The molecule has 3 rings (SSSR count). The number of hydrogen-bond acceptors (Lipinski definition) is 5. The molecule has 1 unspecified atom stereocenters. The fourth-order valence-electron chi connectivity index (χ4n) is 3.56. The van der Waals surface area contributed by atoms with Crippen LogP contribution in [-0.4, -0.2) is 33.8 Å². The summed E-state index contributed by atoms with van der Waals surface area (Å²) in [6.07, 6.45) is 2.31. The summed E-state index contributed by atoms with van der Waals surface area (Å²) in [6.45, 7) is 8.80. The number of rotatable bonds is 4. The average molecular weight is 381 g/mol. The summed E-state index contributed by atoms with van der Waals surface area (Å²) >= 11 is 0. The van der Waals surface area contributed by atoms with E-state index in [0.717, 1.165) is 12.1 Å². The zero-order valence-corrected chi connectivity index (χ0v) is 16.9. The van der Waals surface area contributed by atoms with Crippen molar-refractivity contribution in [3.8, 4) is 5.75 Å². The van der Waals surface area contributed by atoms with Gasteiger partial charge in [0.2, 0.25) is 5.91 Å². The summed E-state index contributed by atoms with van der Waals surface area (Å²) in [7, 11) is 0. The van der Waals surface area contributed by atoms with Crippen LogP contribution in [-0.2, 0) is 16.6 Å². The van der Waals surface area contributed by atoms with Crippen LogP contribution in [0.5, 0.6) is 5.75 Å². The second kappa shape index (κ2) is 7.70. The number of aromatic nitrogens is 2. The number of nitrogens with zero attached hydrogens (tertiary/aromatic N) is 3. The van der Waals surface area contributed by atoms with E-state index in [9.17, 15) is 14.7 Å². The molecule has 28 heavy (non-hydrogen) atoms. The number of hydrogen-bond donors (Lipinski definition) is 1. The Bertz CT molecular complexity index is 885. The lowest BCUT2D eigenvalue weighted by Crippen LogP contribution is -2.39. The lowest BCUT2D eigenvalue weighted by molar-refractivity contribution is -0.120. The van der Waals surface area contributed by atoms with Gasteiger partial charge in [0.25, 0.3) is 0 Å². The molecule has 1 atom stereocenters. The lowest BCUT2D eigenvalue weighted by atomic mass is 9.87. The second-order valence-electron chi connectivity index (χ2n) is 8.48. The van der Waals surface area contributed by atoms with E-state index in [0.29, 0.717) is 37.2 Å². The highest BCUT2D eigenvalue weighted by Gasteiger charge is 2.28. The third-order valence-corrected chi connectivity index (χ3v) is 5.28. The topological polar surface area (TPSA) is 83.4 Å². The Hall–Kier alpha value is -2.76. The Labute approximate surface area is 165 Å². The van der Waals surface area contributed by atoms with Crippen LogP contribution in [0, 0.1) is 12.8 Å². The number of anilines is 1. The molecule has 1 fully saturated rings. The van der Waals surface area contributed by atoms with E-state index >= 15 is 0 Å². The van der Waals surface area contributed by atoms with Gasteiger partial charge in [0.05, 0.1) is 5.69 Å². The molecule has 1 aliphatic rings. The first-order valence-electron chi connectivity index (χ1n) is 9.61. The lowest BCUT2D eigenvalue weighted by Gasteiger charge is -2.32. The fraction of sp³-hybridized carbons (Fsp3) is 0.455. The van der Waals surface area contributed by atoms with Gasteiger partial charge in [0.15, 0.2) is 12.0 Å². The minimum atomic E-state index is -0.177. The first kappa shape index (κ1) is 20.0. The molecule has 2 heterocycles. The van der Waals surface area contributed by atoms with Gasteiger partial charge in [-0.1, -0.05) is 32.9 Å². The molecule has 0 radical (unpaired) electrons. The molecule has 0 saturated carbocycles. The van der Waals surface area contributed by atoms with E-state index in [1.165, 1.54) is 5.56 Å². The largest absolute Gasteiger partial charge is 0.504 e. The Morgan fingerprint density at radius 1 is 1.21 bits per heavy atom. The zero-order chi connectivity index (χ0) is 20.5. The van der Waals surface area contributed by atoms with Crippen molar-refractivity contribution in [1.82, 2.24) is 9.97 Å². The standard InChI is InChI=1S/C22H27N3O3/c1-14-21(28)18(13-26)24-19(23-14)11-15-9-10-25(20(27)12-15)17-7-5-16(6-8-17)22(2,3)4/h5-8,13,15,28H,9-12H2,1-4H3. The van der Waals surface area contributed by atoms with Crippen molar-refractivity contribution in [2.75, 3.05) is 11.4 Å². The van der Waals surface area contributed by atoms with Crippen molar-refractivity contribution < 1.29 is 14.7 Å². The van der Waals surface area contributed by atoms with E-state index in [2.05, 4.69) is 42.9 Å². The first-order valence-corrected chi connectivity index (χ1v) is 9.61. The molecule has 0 spiro atoms. The van der Waals surface area contributed by atoms with E-state index in [-0.39, 0.29) is 28.7 Å². The van der Waals surface area contributed by atoms with Gasteiger partial charge in [-0.15, -0.1) is 0 Å². The molecule has 1 aromatic heterocycles. The molecule has 6 nitrogen and oxygen atoms in total. The van der Waals surface area contributed by atoms with Crippen molar-refractivity contribution in [2.45, 2.75) is 52.4 Å². The van der Waals surface area contributed by atoms with Crippen LogP contribution < -0.4 is 4.90 Å². The predicted molar refractivity (Wildman–Crippen MR) is 108 cm³/mol. The molecule has 0 bridgehead atoms. The summed E-state index contributed by atoms with van der Waals surface area (Å²) in [6, 6.07) is 8.20. The minimum absolute atomic E-state index is 0.00482. The van der Waals surface area contributed by atoms with Gasteiger partial charge >= 0.3 is 0 Å². The molecule has 1 N–H and O–H groups in total. The van der Waals surface area contributed by atoms with Gasteiger partial charge in [-0.05, 0) is 42.4 Å². The number of aldehydes is 1. The average Bonchev–Trinajstić information content (AvgIpc) is 2.64. The van der Waals surface area contributed by atoms with Gasteiger partial charge < -0.3 is 10.0 Å². The van der Waals surface area contributed by atoms with Crippen molar-refractivity contribution in [1.29, 1.82) is 0 Å².